The lowest BCUT2D eigenvalue weighted by Gasteiger charge is -2.13. The van der Waals surface area contributed by atoms with Crippen molar-refractivity contribution in [2.45, 2.75) is 25.8 Å². The third-order valence-corrected chi connectivity index (χ3v) is 4.82. The molecule has 0 spiro atoms. The number of nitrogens with zero attached hydrogens (tertiary/aromatic N) is 2. The van der Waals surface area contributed by atoms with E-state index in [1.807, 2.05) is 16.1 Å². The SMILES string of the molecule is O=C(O)c1nn2c(c1-c1cc(Br)cs1)CCCC2. The van der Waals surface area contributed by atoms with Crippen LogP contribution in [0.25, 0.3) is 10.4 Å². The third-order valence-electron chi connectivity index (χ3n) is 3.11. The first-order valence-electron chi connectivity index (χ1n) is 5.74. The van der Waals surface area contributed by atoms with Crippen LogP contribution in [0.1, 0.15) is 29.0 Å². The number of rotatable bonds is 2. The number of halogens is 1. The molecule has 0 atom stereocenters. The predicted octanol–water partition coefficient (Wildman–Crippen LogP) is 3.41. The summed E-state index contributed by atoms with van der Waals surface area (Å²) < 4.78 is 2.84. The molecule has 18 heavy (non-hydrogen) atoms. The second-order valence-electron chi connectivity index (χ2n) is 4.28. The molecule has 0 aliphatic carbocycles. The van der Waals surface area contributed by atoms with Crippen LogP contribution >= 0.6 is 27.3 Å². The quantitative estimate of drug-likeness (QED) is 0.920. The Hall–Kier alpha value is -1.14. The molecule has 0 bridgehead atoms. The van der Waals surface area contributed by atoms with Crippen molar-refractivity contribution in [3.05, 3.63) is 27.3 Å². The second kappa shape index (κ2) is 4.51. The van der Waals surface area contributed by atoms with Gasteiger partial charge in [0.05, 0.1) is 0 Å². The Kier molecular flexibility index (Phi) is 2.99. The standard InChI is InChI=1S/C12H11BrN2O2S/c13-7-5-9(18-6-7)10-8-3-1-2-4-15(8)14-11(10)12(16)17/h5-6H,1-4H2,(H,16,17). The van der Waals surface area contributed by atoms with Crippen molar-refractivity contribution in [3.8, 4) is 10.4 Å². The van der Waals surface area contributed by atoms with Crippen LogP contribution in [0.5, 0.6) is 0 Å². The van der Waals surface area contributed by atoms with Crippen molar-refractivity contribution >= 4 is 33.2 Å². The number of carboxylic acid groups (broad SMARTS) is 1. The van der Waals surface area contributed by atoms with Crippen molar-refractivity contribution < 1.29 is 9.90 Å². The zero-order valence-corrected chi connectivity index (χ0v) is 11.9. The van der Waals surface area contributed by atoms with E-state index in [4.69, 9.17) is 0 Å². The van der Waals surface area contributed by atoms with Gasteiger partial charge >= 0.3 is 5.97 Å². The fourth-order valence-electron chi connectivity index (χ4n) is 2.34. The van der Waals surface area contributed by atoms with Crippen LogP contribution < -0.4 is 0 Å². The van der Waals surface area contributed by atoms with E-state index in [0.717, 1.165) is 46.4 Å². The van der Waals surface area contributed by atoms with Crippen molar-refractivity contribution in [2.24, 2.45) is 0 Å². The smallest absolute Gasteiger partial charge is 0.357 e. The van der Waals surface area contributed by atoms with Crippen LogP contribution in [0.3, 0.4) is 0 Å². The predicted molar refractivity (Wildman–Crippen MR) is 73.1 cm³/mol. The third kappa shape index (κ3) is 1.89. The molecule has 2 aromatic heterocycles. The molecule has 4 nitrogen and oxygen atoms in total. The van der Waals surface area contributed by atoms with E-state index >= 15 is 0 Å². The summed E-state index contributed by atoms with van der Waals surface area (Å²) in [5.41, 5.74) is 2.05. The van der Waals surface area contributed by atoms with Gasteiger partial charge in [0.2, 0.25) is 0 Å². The number of carbonyl (C=O) groups is 1. The molecule has 1 aliphatic rings. The lowest BCUT2D eigenvalue weighted by molar-refractivity contribution is 0.0690. The Labute approximate surface area is 116 Å². The lowest BCUT2D eigenvalue weighted by Crippen LogP contribution is -2.11. The average molecular weight is 327 g/mol. The molecular formula is C12H11BrN2O2S. The van der Waals surface area contributed by atoms with E-state index in [1.54, 1.807) is 11.3 Å². The molecule has 0 radical (unpaired) electrons. The van der Waals surface area contributed by atoms with Gasteiger partial charge in [0, 0.05) is 32.5 Å². The van der Waals surface area contributed by atoms with Crippen molar-refractivity contribution in [1.82, 2.24) is 9.78 Å². The van der Waals surface area contributed by atoms with Crippen LogP contribution in [0, 0.1) is 0 Å². The Morgan fingerprint density at radius 3 is 3.00 bits per heavy atom. The summed E-state index contributed by atoms with van der Waals surface area (Å²) in [4.78, 5) is 12.3. The molecule has 0 amide bonds. The molecular weight excluding hydrogens is 316 g/mol. The zero-order chi connectivity index (χ0) is 12.7. The molecule has 1 aliphatic heterocycles. The highest BCUT2D eigenvalue weighted by Crippen LogP contribution is 2.36. The normalized spacial score (nSPS) is 14.5. The first-order chi connectivity index (χ1) is 8.66. The molecule has 0 unspecified atom stereocenters. The van der Waals surface area contributed by atoms with E-state index in [-0.39, 0.29) is 5.69 Å². The van der Waals surface area contributed by atoms with Gasteiger partial charge in [-0.1, -0.05) is 0 Å². The van der Waals surface area contributed by atoms with E-state index in [1.165, 1.54) is 0 Å². The average Bonchev–Trinajstić information content (AvgIpc) is 2.92. The Morgan fingerprint density at radius 2 is 2.33 bits per heavy atom. The summed E-state index contributed by atoms with van der Waals surface area (Å²) in [5, 5.41) is 15.5. The number of fused-ring (bicyclic) bond motifs is 1. The summed E-state index contributed by atoms with van der Waals surface area (Å²) in [5.74, 6) is -0.948. The summed E-state index contributed by atoms with van der Waals surface area (Å²) >= 11 is 4.96. The molecule has 2 aromatic rings. The minimum Gasteiger partial charge on any atom is -0.476 e. The molecule has 1 N–H and O–H groups in total. The van der Waals surface area contributed by atoms with Crippen LogP contribution in [0.15, 0.2) is 15.9 Å². The fraction of sp³-hybridized carbons (Fsp3) is 0.333. The maximum Gasteiger partial charge on any atom is 0.357 e. The first kappa shape index (κ1) is 11.9. The van der Waals surface area contributed by atoms with E-state index in [2.05, 4.69) is 21.0 Å². The summed E-state index contributed by atoms with van der Waals surface area (Å²) in [6.45, 7) is 0.822. The number of hydrogen-bond acceptors (Lipinski definition) is 3. The van der Waals surface area contributed by atoms with E-state index in [0.29, 0.717) is 0 Å². The Balaban J connectivity index is 2.22. The molecule has 3 rings (SSSR count). The van der Waals surface area contributed by atoms with Crippen LogP contribution in [0.2, 0.25) is 0 Å². The number of aromatic carboxylic acids is 1. The largest absolute Gasteiger partial charge is 0.476 e. The van der Waals surface area contributed by atoms with Crippen LogP contribution in [0.4, 0.5) is 0 Å². The molecule has 0 fully saturated rings. The molecule has 0 saturated heterocycles. The number of aromatic nitrogens is 2. The summed E-state index contributed by atoms with van der Waals surface area (Å²) in [6, 6.07) is 1.96. The lowest BCUT2D eigenvalue weighted by atomic mass is 10.0. The van der Waals surface area contributed by atoms with E-state index in [9.17, 15) is 9.90 Å². The first-order valence-corrected chi connectivity index (χ1v) is 7.41. The molecule has 94 valence electrons. The minimum absolute atomic E-state index is 0.182. The van der Waals surface area contributed by atoms with Gasteiger partial charge < -0.3 is 5.11 Å². The van der Waals surface area contributed by atoms with Crippen molar-refractivity contribution in [3.63, 3.8) is 0 Å². The minimum atomic E-state index is -0.948. The molecule has 0 aromatic carbocycles. The van der Waals surface area contributed by atoms with Gasteiger partial charge in [-0.3, -0.25) is 4.68 Å². The van der Waals surface area contributed by atoms with Gasteiger partial charge in [-0.15, -0.1) is 11.3 Å². The number of thiophene rings is 1. The Morgan fingerprint density at radius 1 is 1.50 bits per heavy atom. The topological polar surface area (TPSA) is 55.1 Å². The van der Waals surface area contributed by atoms with E-state index < -0.39 is 5.97 Å². The molecule has 3 heterocycles. The highest BCUT2D eigenvalue weighted by atomic mass is 79.9. The van der Waals surface area contributed by atoms with Gasteiger partial charge in [0.25, 0.3) is 0 Å². The second-order valence-corrected chi connectivity index (χ2v) is 6.11. The summed E-state index contributed by atoms with van der Waals surface area (Å²) in [6.07, 6.45) is 3.08. The van der Waals surface area contributed by atoms with Gasteiger partial charge in [-0.25, -0.2) is 4.79 Å². The number of aryl methyl sites for hydroxylation is 1. The van der Waals surface area contributed by atoms with Gasteiger partial charge in [-0.2, -0.15) is 5.10 Å². The van der Waals surface area contributed by atoms with Crippen LogP contribution in [-0.4, -0.2) is 20.9 Å². The highest BCUT2D eigenvalue weighted by Gasteiger charge is 2.26. The van der Waals surface area contributed by atoms with Gasteiger partial charge in [-0.05, 0) is 41.3 Å². The Bertz CT molecular complexity index is 618. The van der Waals surface area contributed by atoms with Gasteiger partial charge in [0.15, 0.2) is 5.69 Å². The number of hydrogen-bond donors (Lipinski definition) is 1. The fourth-order valence-corrected chi connectivity index (χ4v) is 3.84. The van der Waals surface area contributed by atoms with Crippen molar-refractivity contribution in [2.75, 3.05) is 0 Å². The number of carboxylic acids is 1. The van der Waals surface area contributed by atoms with Gasteiger partial charge in [0.1, 0.15) is 0 Å². The monoisotopic (exact) mass is 326 g/mol. The molecule has 0 saturated carbocycles. The van der Waals surface area contributed by atoms with Crippen molar-refractivity contribution in [1.29, 1.82) is 0 Å². The zero-order valence-electron chi connectivity index (χ0n) is 9.52. The summed E-state index contributed by atoms with van der Waals surface area (Å²) in [7, 11) is 0. The maximum atomic E-state index is 11.3. The van der Waals surface area contributed by atoms with Crippen LogP contribution in [-0.2, 0) is 13.0 Å². The highest BCUT2D eigenvalue weighted by molar-refractivity contribution is 9.10. The maximum absolute atomic E-state index is 11.3. The molecule has 6 heteroatoms.